The molecule has 0 saturated carbocycles. The number of nitrogens with two attached hydrogens (primary N) is 1. The molecule has 2 heterocycles. The minimum Gasteiger partial charge on any atom is -0.399 e. The summed E-state index contributed by atoms with van der Waals surface area (Å²) in [5, 5.41) is 8.81. The average molecular weight is 290 g/mol. The zero-order valence-corrected chi connectivity index (χ0v) is 12.1. The summed E-state index contributed by atoms with van der Waals surface area (Å²) in [7, 11) is 1.93. The molecule has 5 nitrogen and oxygen atoms in total. The molecule has 0 radical (unpaired) electrons. The lowest BCUT2D eigenvalue weighted by Gasteiger charge is -2.01. The van der Waals surface area contributed by atoms with Gasteiger partial charge in [0.05, 0.1) is 17.6 Å². The Morgan fingerprint density at radius 1 is 1.10 bits per heavy atom. The number of nitrogens with zero attached hydrogens (tertiary/aromatic N) is 4. The Balaban J connectivity index is 0.00000147. The molecule has 0 aliphatic rings. The normalized spacial score (nSPS) is 10.3. The molecule has 104 valence electrons. The number of anilines is 1. The second-order valence-corrected chi connectivity index (χ2v) is 4.50. The SMILES string of the molecule is Cc1c(-c2ccn(-c3ccc(N)cc3)n2)cnn1C.Cl. The molecule has 20 heavy (non-hydrogen) atoms. The number of benzene rings is 1. The van der Waals surface area contributed by atoms with Gasteiger partial charge in [-0.15, -0.1) is 12.4 Å². The summed E-state index contributed by atoms with van der Waals surface area (Å²) in [6.45, 7) is 2.03. The first kappa shape index (κ1) is 14.1. The van der Waals surface area contributed by atoms with Crippen LogP contribution in [0.3, 0.4) is 0 Å². The molecule has 0 fully saturated rings. The Morgan fingerprint density at radius 3 is 2.40 bits per heavy atom. The van der Waals surface area contributed by atoms with E-state index in [0.29, 0.717) is 0 Å². The molecule has 3 aromatic rings. The second-order valence-electron chi connectivity index (χ2n) is 4.50. The van der Waals surface area contributed by atoms with E-state index in [1.54, 1.807) is 0 Å². The van der Waals surface area contributed by atoms with E-state index < -0.39 is 0 Å². The highest BCUT2D eigenvalue weighted by Gasteiger charge is 2.09. The molecular weight excluding hydrogens is 274 g/mol. The maximum Gasteiger partial charge on any atom is 0.0961 e. The summed E-state index contributed by atoms with van der Waals surface area (Å²) in [5.41, 5.74) is 10.5. The topological polar surface area (TPSA) is 61.7 Å². The van der Waals surface area contributed by atoms with E-state index in [1.807, 2.05) is 66.1 Å². The standard InChI is InChI=1S/C14H15N5.ClH/c1-10-13(9-16-18(10)2)14-7-8-19(17-14)12-5-3-11(15)4-6-12;/h3-9H,15H2,1-2H3;1H. The quantitative estimate of drug-likeness (QED) is 0.738. The van der Waals surface area contributed by atoms with Gasteiger partial charge in [-0.3, -0.25) is 4.68 Å². The summed E-state index contributed by atoms with van der Waals surface area (Å²) in [6, 6.07) is 9.61. The third-order valence-electron chi connectivity index (χ3n) is 3.26. The summed E-state index contributed by atoms with van der Waals surface area (Å²) < 4.78 is 3.68. The molecule has 0 aliphatic heterocycles. The van der Waals surface area contributed by atoms with Crippen LogP contribution in [0.5, 0.6) is 0 Å². The van der Waals surface area contributed by atoms with Crippen molar-refractivity contribution < 1.29 is 0 Å². The zero-order valence-electron chi connectivity index (χ0n) is 11.3. The van der Waals surface area contributed by atoms with Gasteiger partial charge < -0.3 is 5.73 Å². The molecule has 6 heteroatoms. The van der Waals surface area contributed by atoms with E-state index in [9.17, 15) is 0 Å². The van der Waals surface area contributed by atoms with Crippen LogP contribution in [0, 0.1) is 6.92 Å². The van der Waals surface area contributed by atoms with E-state index in [1.165, 1.54) is 0 Å². The fourth-order valence-corrected chi connectivity index (χ4v) is 1.99. The van der Waals surface area contributed by atoms with E-state index in [0.717, 1.165) is 28.3 Å². The number of aromatic nitrogens is 4. The van der Waals surface area contributed by atoms with Gasteiger partial charge in [0.15, 0.2) is 0 Å². The minimum absolute atomic E-state index is 0. The molecule has 0 atom stereocenters. The minimum atomic E-state index is 0. The Hall–Kier alpha value is -2.27. The van der Waals surface area contributed by atoms with Gasteiger partial charge in [0.25, 0.3) is 0 Å². The van der Waals surface area contributed by atoms with Gasteiger partial charge in [-0.1, -0.05) is 0 Å². The van der Waals surface area contributed by atoms with Crippen LogP contribution < -0.4 is 5.73 Å². The van der Waals surface area contributed by atoms with Crippen molar-refractivity contribution in [1.82, 2.24) is 19.6 Å². The van der Waals surface area contributed by atoms with Gasteiger partial charge in [-0.2, -0.15) is 10.2 Å². The van der Waals surface area contributed by atoms with Crippen molar-refractivity contribution in [3.05, 3.63) is 48.4 Å². The summed E-state index contributed by atoms with van der Waals surface area (Å²) in [6.07, 6.45) is 3.78. The lowest BCUT2D eigenvalue weighted by Crippen LogP contribution is -1.96. The van der Waals surface area contributed by atoms with E-state index >= 15 is 0 Å². The number of rotatable bonds is 2. The summed E-state index contributed by atoms with van der Waals surface area (Å²) >= 11 is 0. The van der Waals surface area contributed by atoms with Crippen LogP contribution in [0.4, 0.5) is 5.69 Å². The average Bonchev–Trinajstić information content (AvgIpc) is 2.99. The molecule has 2 aromatic heterocycles. The van der Waals surface area contributed by atoms with Crippen molar-refractivity contribution in [2.24, 2.45) is 7.05 Å². The van der Waals surface area contributed by atoms with Crippen molar-refractivity contribution in [2.45, 2.75) is 6.92 Å². The third kappa shape index (κ3) is 2.40. The first-order valence-electron chi connectivity index (χ1n) is 6.06. The maximum atomic E-state index is 5.68. The largest absolute Gasteiger partial charge is 0.399 e. The van der Waals surface area contributed by atoms with Crippen LogP contribution in [-0.4, -0.2) is 19.6 Å². The van der Waals surface area contributed by atoms with Crippen molar-refractivity contribution >= 4 is 18.1 Å². The van der Waals surface area contributed by atoms with Crippen molar-refractivity contribution in [2.75, 3.05) is 5.73 Å². The van der Waals surface area contributed by atoms with Crippen molar-refractivity contribution in [3.63, 3.8) is 0 Å². The molecule has 0 spiro atoms. The lowest BCUT2D eigenvalue weighted by molar-refractivity contribution is 0.740. The second kappa shape index (κ2) is 5.38. The third-order valence-corrected chi connectivity index (χ3v) is 3.26. The van der Waals surface area contributed by atoms with Gasteiger partial charge in [-0.05, 0) is 37.3 Å². The number of hydrogen-bond acceptors (Lipinski definition) is 3. The smallest absolute Gasteiger partial charge is 0.0961 e. The number of hydrogen-bond donors (Lipinski definition) is 1. The van der Waals surface area contributed by atoms with Gasteiger partial charge in [0, 0.05) is 30.2 Å². The Morgan fingerprint density at radius 2 is 1.80 bits per heavy atom. The molecule has 0 aliphatic carbocycles. The fraction of sp³-hybridized carbons (Fsp3) is 0.143. The van der Waals surface area contributed by atoms with Gasteiger partial charge >= 0.3 is 0 Å². The molecule has 0 bridgehead atoms. The molecular formula is C14H16ClN5. The van der Waals surface area contributed by atoms with Gasteiger partial charge in [0.2, 0.25) is 0 Å². The van der Waals surface area contributed by atoms with Crippen molar-refractivity contribution in [1.29, 1.82) is 0 Å². The summed E-state index contributed by atoms with van der Waals surface area (Å²) in [4.78, 5) is 0. The zero-order chi connectivity index (χ0) is 13.4. The number of nitrogen functional groups attached to an aromatic ring is 1. The molecule has 3 rings (SSSR count). The van der Waals surface area contributed by atoms with E-state index in [4.69, 9.17) is 5.73 Å². The number of aryl methyl sites for hydroxylation is 1. The van der Waals surface area contributed by atoms with Crippen LogP contribution >= 0.6 is 12.4 Å². The van der Waals surface area contributed by atoms with Crippen LogP contribution in [0.25, 0.3) is 16.9 Å². The van der Waals surface area contributed by atoms with Crippen LogP contribution in [-0.2, 0) is 7.05 Å². The van der Waals surface area contributed by atoms with E-state index in [-0.39, 0.29) is 12.4 Å². The number of halogens is 1. The molecule has 2 N–H and O–H groups in total. The van der Waals surface area contributed by atoms with Crippen LogP contribution in [0.15, 0.2) is 42.7 Å². The molecule has 1 aromatic carbocycles. The Kier molecular flexibility index (Phi) is 3.81. The first-order chi connectivity index (χ1) is 9.15. The monoisotopic (exact) mass is 289 g/mol. The predicted molar refractivity (Wildman–Crippen MR) is 82.2 cm³/mol. The highest BCUT2D eigenvalue weighted by molar-refractivity contribution is 5.85. The van der Waals surface area contributed by atoms with Crippen molar-refractivity contribution in [3.8, 4) is 16.9 Å². The van der Waals surface area contributed by atoms with Gasteiger partial charge in [0.1, 0.15) is 0 Å². The molecule has 0 saturated heterocycles. The highest BCUT2D eigenvalue weighted by atomic mass is 35.5. The molecule has 0 amide bonds. The fourth-order valence-electron chi connectivity index (χ4n) is 1.99. The maximum absolute atomic E-state index is 5.68. The Labute approximate surface area is 123 Å². The van der Waals surface area contributed by atoms with Gasteiger partial charge in [-0.25, -0.2) is 4.68 Å². The first-order valence-corrected chi connectivity index (χ1v) is 6.06. The lowest BCUT2D eigenvalue weighted by atomic mass is 10.2. The van der Waals surface area contributed by atoms with E-state index in [2.05, 4.69) is 10.2 Å². The summed E-state index contributed by atoms with van der Waals surface area (Å²) in [5.74, 6) is 0. The van der Waals surface area contributed by atoms with Crippen LogP contribution in [0.1, 0.15) is 5.69 Å². The van der Waals surface area contributed by atoms with Crippen LogP contribution in [0.2, 0.25) is 0 Å². The molecule has 0 unspecified atom stereocenters. The Bertz CT molecular complexity index is 712. The predicted octanol–water partition coefficient (Wildman–Crippen LogP) is 2.59. The highest BCUT2D eigenvalue weighted by Crippen LogP contribution is 2.21.